The van der Waals surface area contributed by atoms with Crippen LogP contribution >= 0.6 is 0 Å². The zero-order chi connectivity index (χ0) is 14.8. The van der Waals surface area contributed by atoms with Gasteiger partial charge in [-0.25, -0.2) is 0 Å². The molecule has 3 rings (SSSR count). The molecule has 0 spiro atoms. The predicted molar refractivity (Wildman–Crippen MR) is 83.6 cm³/mol. The Kier molecular flexibility index (Phi) is 4.15. The highest BCUT2D eigenvalue weighted by Gasteiger charge is 2.35. The minimum atomic E-state index is -0.0328. The maximum Gasteiger partial charge on any atom is 0.231 e. The molecular formula is C17H24N2O2. The van der Waals surface area contributed by atoms with Crippen molar-refractivity contribution < 1.29 is 9.53 Å². The van der Waals surface area contributed by atoms with Crippen molar-refractivity contribution in [2.45, 2.75) is 44.6 Å². The van der Waals surface area contributed by atoms with Crippen LogP contribution in [0.25, 0.3) is 0 Å². The van der Waals surface area contributed by atoms with E-state index in [1.165, 1.54) is 5.56 Å². The molecule has 2 N–H and O–H groups in total. The van der Waals surface area contributed by atoms with Gasteiger partial charge in [0.15, 0.2) is 0 Å². The Balaban J connectivity index is 1.92. The maximum atomic E-state index is 13.0. The maximum absolute atomic E-state index is 13.0. The molecule has 4 nitrogen and oxygen atoms in total. The normalized spacial score (nSPS) is 25.3. The van der Waals surface area contributed by atoms with Gasteiger partial charge >= 0.3 is 0 Å². The number of amides is 1. The van der Waals surface area contributed by atoms with Gasteiger partial charge in [-0.15, -0.1) is 0 Å². The summed E-state index contributed by atoms with van der Waals surface area (Å²) in [7, 11) is 1.67. The Bertz CT molecular complexity index is 515. The number of methoxy groups -OCH3 is 1. The summed E-state index contributed by atoms with van der Waals surface area (Å²) in [4.78, 5) is 14.9. The summed E-state index contributed by atoms with van der Waals surface area (Å²) in [5, 5.41) is 0. The number of carbonyl (C=O) groups excluding carboxylic acids is 1. The van der Waals surface area contributed by atoms with E-state index in [9.17, 15) is 4.79 Å². The standard InChI is InChI=1S/C17H24N2O2/c1-21-15-10-4-6-12-7-5-11-19(16(12)15)17(20)13-8-2-3-9-14(13)18/h4,6,10,13-14H,2-3,5,7-9,11,18H2,1H3. The van der Waals surface area contributed by atoms with Crippen molar-refractivity contribution >= 4 is 11.6 Å². The van der Waals surface area contributed by atoms with E-state index in [-0.39, 0.29) is 17.9 Å². The summed E-state index contributed by atoms with van der Waals surface area (Å²) >= 11 is 0. The Morgan fingerprint density at radius 3 is 2.86 bits per heavy atom. The van der Waals surface area contributed by atoms with Crippen LogP contribution in [0.1, 0.15) is 37.7 Å². The zero-order valence-corrected chi connectivity index (χ0v) is 12.7. The first-order chi connectivity index (χ1) is 10.2. The van der Waals surface area contributed by atoms with Crippen molar-refractivity contribution in [3.8, 4) is 5.75 Å². The minimum absolute atomic E-state index is 0.00586. The van der Waals surface area contributed by atoms with Crippen LogP contribution in [0.4, 0.5) is 5.69 Å². The number of anilines is 1. The number of nitrogens with zero attached hydrogens (tertiary/aromatic N) is 1. The van der Waals surface area contributed by atoms with Crippen LogP contribution in [-0.4, -0.2) is 25.6 Å². The van der Waals surface area contributed by atoms with E-state index in [1.807, 2.05) is 17.0 Å². The fraction of sp³-hybridized carbons (Fsp3) is 0.588. The van der Waals surface area contributed by atoms with E-state index in [0.29, 0.717) is 0 Å². The highest BCUT2D eigenvalue weighted by atomic mass is 16.5. The third-order valence-corrected chi connectivity index (χ3v) is 4.80. The third-order valence-electron chi connectivity index (χ3n) is 4.80. The number of nitrogens with two attached hydrogens (primary N) is 1. The number of rotatable bonds is 2. The number of aryl methyl sites for hydroxylation is 1. The van der Waals surface area contributed by atoms with Crippen molar-refractivity contribution in [2.24, 2.45) is 11.7 Å². The van der Waals surface area contributed by atoms with Crippen LogP contribution in [0.3, 0.4) is 0 Å². The number of para-hydroxylation sites is 1. The molecule has 2 unspecified atom stereocenters. The summed E-state index contributed by atoms with van der Waals surface area (Å²) in [6, 6.07) is 6.03. The van der Waals surface area contributed by atoms with Crippen molar-refractivity contribution in [1.29, 1.82) is 0 Å². The number of hydrogen-bond donors (Lipinski definition) is 1. The molecule has 1 saturated carbocycles. The fourth-order valence-corrected chi connectivity index (χ4v) is 3.67. The molecule has 0 saturated heterocycles. The van der Waals surface area contributed by atoms with Gasteiger partial charge in [0.05, 0.1) is 18.7 Å². The van der Waals surface area contributed by atoms with Gasteiger partial charge in [0, 0.05) is 12.6 Å². The van der Waals surface area contributed by atoms with E-state index in [0.717, 1.165) is 56.5 Å². The molecule has 2 aliphatic rings. The quantitative estimate of drug-likeness (QED) is 0.909. The lowest BCUT2D eigenvalue weighted by Crippen LogP contribution is -2.47. The van der Waals surface area contributed by atoms with E-state index in [2.05, 4.69) is 6.07 Å². The molecule has 0 radical (unpaired) electrons. The lowest BCUT2D eigenvalue weighted by Gasteiger charge is -2.36. The molecule has 1 aromatic carbocycles. The van der Waals surface area contributed by atoms with Crippen LogP contribution in [0.2, 0.25) is 0 Å². The van der Waals surface area contributed by atoms with E-state index < -0.39 is 0 Å². The molecule has 2 atom stereocenters. The molecule has 114 valence electrons. The molecular weight excluding hydrogens is 264 g/mol. The topological polar surface area (TPSA) is 55.6 Å². The Morgan fingerprint density at radius 1 is 1.29 bits per heavy atom. The lowest BCUT2D eigenvalue weighted by atomic mass is 9.83. The second-order valence-electron chi connectivity index (χ2n) is 6.12. The van der Waals surface area contributed by atoms with Gasteiger partial charge in [0.1, 0.15) is 5.75 Å². The van der Waals surface area contributed by atoms with Gasteiger partial charge in [0.2, 0.25) is 5.91 Å². The van der Waals surface area contributed by atoms with Gasteiger partial charge in [-0.3, -0.25) is 4.79 Å². The molecule has 1 aromatic rings. The van der Waals surface area contributed by atoms with Crippen molar-refractivity contribution in [3.05, 3.63) is 23.8 Å². The van der Waals surface area contributed by atoms with Gasteiger partial charge in [0.25, 0.3) is 0 Å². The first kappa shape index (κ1) is 14.4. The number of fused-ring (bicyclic) bond motifs is 1. The lowest BCUT2D eigenvalue weighted by molar-refractivity contribution is -0.123. The third kappa shape index (κ3) is 2.64. The van der Waals surface area contributed by atoms with Crippen molar-refractivity contribution in [3.63, 3.8) is 0 Å². The summed E-state index contributed by atoms with van der Waals surface area (Å²) in [6.07, 6.45) is 6.15. The van der Waals surface area contributed by atoms with Crippen LogP contribution in [0, 0.1) is 5.92 Å². The Labute approximate surface area is 126 Å². The smallest absolute Gasteiger partial charge is 0.231 e. The van der Waals surface area contributed by atoms with Crippen LogP contribution in [0.15, 0.2) is 18.2 Å². The summed E-state index contributed by atoms with van der Waals surface area (Å²) in [5.41, 5.74) is 8.37. The largest absolute Gasteiger partial charge is 0.495 e. The zero-order valence-electron chi connectivity index (χ0n) is 12.7. The number of hydrogen-bond acceptors (Lipinski definition) is 3. The fourth-order valence-electron chi connectivity index (χ4n) is 3.67. The first-order valence-corrected chi connectivity index (χ1v) is 7.95. The van der Waals surface area contributed by atoms with E-state index in [4.69, 9.17) is 10.5 Å². The highest BCUT2D eigenvalue weighted by Crippen LogP contribution is 2.38. The van der Waals surface area contributed by atoms with Crippen molar-refractivity contribution in [1.82, 2.24) is 0 Å². The van der Waals surface area contributed by atoms with Crippen LogP contribution < -0.4 is 15.4 Å². The average Bonchev–Trinajstić information content (AvgIpc) is 2.53. The molecule has 1 heterocycles. The average molecular weight is 288 g/mol. The van der Waals surface area contributed by atoms with Crippen molar-refractivity contribution in [2.75, 3.05) is 18.6 Å². The van der Waals surface area contributed by atoms with Gasteiger partial charge in [-0.05, 0) is 37.3 Å². The van der Waals surface area contributed by atoms with E-state index >= 15 is 0 Å². The van der Waals surface area contributed by atoms with Gasteiger partial charge in [-0.1, -0.05) is 25.0 Å². The second kappa shape index (κ2) is 6.06. The molecule has 1 aliphatic heterocycles. The Morgan fingerprint density at radius 2 is 2.10 bits per heavy atom. The molecule has 0 bridgehead atoms. The molecule has 1 aliphatic carbocycles. The number of carbonyl (C=O) groups is 1. The van der Waals surface area contributed by atoms with Gasteiger partial charge < -0.3 is 15.4 Å². The minimum Gasteiger partial charge on any atom is -0.495 e. The van der Waals surface area contributed by atoms with Gasteiger partial charge in [-0.2, -0.15) is 0 Å². The SMILES string of the molecule is COc1cccc2c1N(C(=O)C1CCCCC1N)CCC2. The molecule has 21 heavy (non-hydrogen) atoms. The Hall–Kier alpha value is -1.55. The molecule has 1 amide bonds. The first-order valence-electron chi connectivity index (χ1n) is 7.95. The highest BCUT2D eigenvalue weighted by molar-refractivity contribution is 5.98. The molecule has 1 fully saturated rings. The van der Waals surface area contributed by atoms with E-state index in [1.54, 1.807) is 7.11 Å². The summed E-state index contributed by atoms with van der Waals surface area (Å²) in [6.45, 7) is 0.773. The van der Waals surface area contributed by atoms with Crippen LogP contribution in [0.5, 0.6) is 5.75 Å². The predicted octanol–water partition coefficient (Wildman–Crippen LogP) is 2.49. The summed E-state index contributed by atoms with van der Waals surface area (Å²) < 4.78 is 5.48. The summed E-state index contributed by atoms with van der Waals surface area (Å²) in [5.74, 6) is 0.951. The number of ether oxygens (including phenoxy) is 1. The second-order valence-corrected chi connectivity index (χ2v) is 6.12. The molecule has 4 heteroatoms. The number of benzene rings is 1. The molecule has 0 aromatic heterocycles. The van der Waals surface area contributed by atoms with Crippen LogP contribution in [-0.2, 0) is 11.2 Å². The monoisotopic (exact) mass is 288 g/mol.